The minimum absolute atomic E-state index is 0.0327. The summed E-state index contributed by atoms with van der Waals surface area (Å²) >= 11 is 0. The molecule has 0 aliphatic carbocycles. The molecule has 0 heterocycles. The fourth-order valence-electron chi connectivity index (χ4n) is 1.63. The van der Waals surface area contributed by atoms with Gasteiger partial charge in [-0.25, -0.2) is 0 Å². The second-order valence-corrected chi connectivity index (χ2v) is 5.52. The number of nitrogens with two attached hydrogens (primary N) is 1. The van der Waals surface area contributed by atoms with Gasteiger partial charge in [-0.15, -0.1) is 0 Å². The first-order valence-corrected chi connectivity index (χ1v) is 5.85. The summed E-state index contributed by atoms with van der Waals surface area (Å²) in [6, 6.07) is -0.882. The van der Waals surface area contributed by atoms with Crippen molar-refractivity contribution in [2.45, 2.75) is 45.6 Å². The molecular formula is C11H18F6N2O. The number of carbonyl (C=O) groups is 1. The summed E-state index contributed by atoms with van der Waals surface area (Å²) in [5, 5.41) is 1.81. The van der Waals surface area contributed by atoms with E-state index in [2.05, 4.69) is 0 Å². The predicted octanol–water partition coefficient (Wildman–Crippen LogP) is 2.61. The first kappa shape index (κ1) is 19.0. The van der Waals surface area contributed by atoms with Gasteiger partial charge in [0, 0.05) is 6.04 Å². The molecule has 1 amide bonds. The summed E-state index contributed by atoms with van der Waals surface area (Å²) in [6.07, 6.45) is -11.3. The lowest BCUT2D eigenvalue weighted by Gasteiger charge is -2.33. The maximum Gasteiger partial charge on any atom is 0.409 e. The number of nitrogens with one attached hydrogen (secondary N) is 1. The summed E-state index contributed by atoms with van der Waals surface area (Å²) in [6.45, 7) is 4.79. The minimum atomic E-state index is -5.69. The lowest BCUT2D eigenvalue weighted by molar-refractivity contribution is -0.274. The quantitative estimate of drug-likeness (QED) is 0.784. The van der Waals surface area contributed by atoms with Crippen molar-refractivity contribution in [2.75, 3.05) is 6.54 Å². The van der Waals surface area contributed by atoms with E-state index >= 15 is 0 Å². The van der Waals surface area contributed by atoms with E-state index < -0.39 is 35.6 Å². The highest BCUT2D eigenvalue weighted by molar-refractivity contribution is 5.80. The Bertz CT molecular complexity index is 317. The third kappa shape index (κ3) is 5.56. The van der Waals surface area contributed by atoms with Crippen LogP contribution in [0.4, 0.5) is 26.3 Å². The average Bonchev–Trinajstić information content (AvgIpc) is 2.10. The Morgan fingerprint density at radius 1 is 1.05 bits per heavy atom. The predicted molar refractivity (Wildman–Crippen MR) is 60.7 cm³/mol. The van der Waals surface area contributed by atoms with Crippen LogP contribution < -0.4 is 11.1 Å². The molecule has 0 rings (SSSR count). The van der Waals surface area contributed by atoms with E-state index in [1.165, 1.54) is 0 Å². The van der Waals surface area contributed by atoms with Crippen molar-refractivity contribution >= 4 is 5.91 Å². The summed E-state index contributed by atoms with van der Waals surface area (Å²) in [7, 11) is 0. The van der Waals surface area contributed by atoms with Crippen LogP contribution in [0.1, 0.15) is 27.2 Å². The molecule has 20 heavy (non-hydrogen) atoms. The monoisotopic (exact) mass is 308 g/mol. The van der Waals surface area contributed by atoms with Crippen molar-refractivity contribution in [1.82, 2.24) is 5.32 Å². The number of hydrogen-bond donors (Lipinski definition) is 2. The van der Waals surface area contributed by atoms with Crippen LogP contribution in [0.3, 0.4) is 0 Å². The topological polar surface area (TPSA) is 55.1 Å². The number of alkyl halides is 6. The summed E-state index contributed by atoms with van der Waals surface area (Å²) in [5.74, 6) is -6.13. The van der Waals surface area contributed by atoms with Gasteiger partial charge in [0.25, 0.3) is 0 Å². The van der Waals surface area contributed by atoms with Crippen LogP contribution in [0.5, 0.6) is 0 Å². The highest BCUT2D eigenvalue weighted by Crippen LogP contribution is 2.39. The molecule has 1 atom stereocenters. The van der Waals surface area contributed by atoms with Gasteiger partial charge in [-0.05, 0) is 18.4 Å². The summed E-state index contributed by atoms with van der Waals surface area (Å²) in [4.78, 5) is 11.4. The number of rotatable bonds is 4. The van der Waals surface area contributed by atoms with Crippen LogP contribution >= 0.6 is 0 Å². The average molecular weight is 308 g/mol. The van der Waals surface area contributed by atoms with E-state index in [9.17, 15) is 31.1 Å². The Kier molecular flexibility index (Phi) is 5.89. The molecule has 0 aliphatic rings. The first-order chi connectivity index (χ1) is 8.71. The van der Waals surface area contributed by atoms with E-state index in [1.807, 2.05) is 5.32 Å². The third-order valence-electron chi connectivity index (χ3n) is 2.73. The number of amides is 1. The van der Waals surface area contributed by atoms with Crippen LogP contribution in [0.2, 0.25) is 0 Å². The van der Waals surface area contributed by atoms with Gasteiger partial charge >= 0.3 is 12.4 Å². The molecule has 9 heteroatoms. The number of carbonyl (C=O) groups excluding carboxylic acids is 1. The number of halogens is 6. The Balaban J connectivity index is 5.20. The van der Waals surface area contributed by atoms with Gasteiger partial charge in [0.05, 0.1) is 0 Å². The first-order valence-electron chi connectivity index (χ1n) is 5.85. The molecule has 3 N–H and O–H groups in total. The van der Waals surface area contributed by atoms with Crippen molar-refractivity contribution in [3.05, 3.63) is 0 Å². The SMILES string of the molecule is CC(C)(C)C(CCN)NC(=O)C(C(F)(F)F)C(F)(F)F. The molecule has 0 bridgehead atoms. The van der Waals surface area contributed by atoms with Crippen LogP contribution in [-0.2, 0) is 4.79 Å². The number of hydrogen-bond acceptors (Lipinski definition) is 2. The Morgan fingerprint density at radius 2 is 1.45 bits per heavy atom. The van der Waals surface area contributed by atoms with E-state index in [1.54, 1.807) is 20.8 Å². The Labute approximate surface area is 112 Å². The normalized spacial score (nSPS) is 15.3. The minimum Gasteiger partial charge on any atom is -0.352 e. The van der Waals surface area contributed by atoms with E-state index in [4.69, 9.17) is 5.73 Å². The standard InChI is InChI=1S/C11H18F6N2O/c1-9(2,3)6(4-5-18)19-8(20)7(10(12,13)14)11(15,16)17/h6-7H,4-5,18H2,1-3H3,(H,19,20). The fourth-order valence-corrected chi connectivity index (χ4v) is 1.63. The zero-order chi connectivity index (χ0) is 16.4. The zero-order valence-corrected chi connectivity index (χ0v) is 11.3. The van der Waals surface area contributed by atoms with E-state index in [0.29, 0.717) is 0 Å². The molecule has 0 saturated carbocycles. The van der Waals surface area contributed by atoms with Crippen LogP contribution in [0.25, 0.3) is 0 Å². The lowest BCUT2D eigenvalue weighted by Crippen LogP contribution is -2.53. The molecular weight excluding hydrogens is 290 g/mol. The zero-order valence-electron chi connectivity index (χ0n) is 11.3. The van der Waals surface area contributed by atoms with Crippen molar-refractivity contribution in [2.24, 2.45) is 17.1 Å². The summed E-state index contributed by atoms with van der Waals surface area (Å²) < 4.78 is 74.4. The Hall–Kier alpha value is -0.990. The molecule has 3 nitrogen and oxygen atoms in total. The molecule has 0 aliphatic heterocycles. The maximum absolute atomic E-state index is 12.4. The third-order valence-corrected chi connectivity index (χ3v) is 2.73. The largest absolute Gasteiger partial charge is 0.409 e. The molecule has 120 valence electrons. The van der Waals surface area contributed by atoms with Crippen molar-refractivity contribution in [1.29, 1.82) is 0 Å². The highest BCUT2D eigenvalue weighted by Gasteiger charge is 2.61. The van der Waals surface area contributed by atoms with E-state index in [-0.39, 0.29) is 13.0 Å². The molecule has 0 aromatic rings. The van der Waals surface area contributed by atoms with Crippen molar-refractivity contribution < 1.29 is 31.1 Å². The van der Waals surface area contributed by atoms with Gasteiger partial charge in [-0.2, -0.15) is 26.3 Å². The Morgan fingerprint density at radius 3 is 1.70 bits per heavy atom. The van der Waals surface area contributed by atoms with Crippen LogP contribution in [0, 0.1) is 11.3 Å². The van der Waals surface area contributed by atoms with Crippen LogP contribution in [-0.4, -0.2) is 30.8 Å². The highest BCUT2D eigenvalue weighted by atomic mass is 19.4. The van der Waals surface area contributed by atoms with Gasteiger partial charge in [0.1, 0.15) is 0 Å². The molecule has 0 fully saturated rings. The van der Waals surface area contributed by atoms with Gasteiger partial charge in [-0.3, -0.25) is 4.79 Å². The fraction of sp³-hybridized carbons (Fsp3) is 0.909. The smallest absolute Gasteiger partial charge is 0.352 e. The molecule has 0 radical (unpaired) electrons. The molecule has 0 aromatic carbocycles. The van der Waals surface area contributed by atoms with Gasteiger partial charge in [0.15, 0.2) is 0 Å². The second-order valence-electron chi connectivity index (χ2n) is 5.52. The molecule has 0 spiro atoms. The van der Waals surface area contributed by atoms with Gasteiger partial charge in [0.2, 0.25) is 11.8 Å². The van der Waals surface area contributed by atoms with Gasteiger partial charge < -0.3 is 11.1 Å². The second kappa shape index (κ2) is 6.19. The van der Waals surface area contributed by atoms with E-state index in [0.717, 1.165) is 0 Å². The van der Waals surface area contributed by atoms with Crippen molar-refractivity contribution in [3.63, 3.8) is 0 Å². The lowest BCUT2D eigenvalue weighted by atomic mass is 9.84. The molecule has 0 saturated heterocycles. The van der Waals surface area contributed by atoms with Crippen LogP contribution in [0.15, 0.2) is 0 Å². The summed E-state index contributed by atoms with van der Waals surface area (Å²) in [5.41, 5.74) is 4.54. The molecule has 0 aromatic heterocycles. The van der Waals surface area contributed by atoms with Crippen molar-refractivity contribution in [3.8, 4) is 0 Å². The van der Waals surface area contributed by atoms with Gasteiger partial charge in [-0.1, -0.05) is 20.8 Å². The molecule has 1 unspecified atom stereocenters. The maximum atomic E-state index is 12.4.